The minimum atomic E-state index is -1.02. The van der Waals surface area contributed by atoms with Crippen LogP contribution in [0, 0.1) is 49.4 Å². The maximum absolute atomic E-state index is 12.9. The van der Waals surface area contributed by atoms with Crippen LogP contribution < -0.4 is 10.7 Å². The van der Waals surface area contributed by atoms with Gasteiger partial charge in [0.2, 0.25) is 0 Å². The number of hydrogen-bond donors (Lipinski definition) is 2. The monoisotopic (exact) mass is 379 g/mol. The molecule has 2 saturated carbocycles. The van der Waals surface area contributed by atoms with Crippen LogP contribution >= 0.6 is 0 Å². The molecule has 4 aliphatic carbocycles. The van der Waals surface area contributed by atoms with Crippen molar-refractivity contribution >= 4 is 29.3 Å². The number of hydrogen-bond acceptors (Lipinski definition) is 4. The summed E-state index contributed by atoms with van der Waals surface area (Å²) >= 11 is 0. The summed E-state index contributed by atoms with van der Waals surface area (Å²) in [6, 6.07) is 5.51. The maximum Gasteiger partial charge on any atom is 0.328 e. The number of carbonyl (C=O) groups excluding carboxylic acids is 4. The Kier molecular flexibility index (Phi) is 3.53. The molecule has 3 fully saturated rings. The molecule has 6 rings (SSSR count). The molecule has 1 aromatic rings. The minimum Gasteiger partial charge on any atom is -0.317 e. The lowest BCUT2D eigenvalue weighted by atomic mass is 9.63. The third-order valence-corrected chi connectivity index (χ3v) is 6.80. The number of nitrogens with zero attached hydrogens (tertiary/aromatic N) is 1. The lowest BCUT2D eigenvalue weighted by Crippen LogP contribution is -2.50. The van der Waals surface area contributed by atoms with Crippen LogP contribution in [0.5, 0.6) is 0 Å². The van der Waals surface area contributed by atoms with Gasteiger partial charge in [0, 0.05) is 5.69 Å². The first kappa shape index (κ1) is 17.2. The Morgan fingerprint density at radius 1 is 0.929 bits per heavy atom. The number of allylic oxidation sites excluding steroid dienone is 2. The van der Waals surface area contributed by atoms with Gasteiger partial charge in [0.05, 0.1) is 11.8 Å². The number of imide groups is 1. The van der Waals surface area contributed by atoms with E-state index >= 15 is 0 Å². The first-order chi connectivity index (χ1) is 13.4. The van der Waals surface area contributed by atoms with Gasteiger partial charge in [0.15, 0.2) is 0 Å². The van der Waals surface area contributed by atoms with E-state index in [0.717, 1.165) is 22.6 Å². The quantitative estimate of drug-likeness (QED) is 0.460. The third kappa shape index (κ3) is 2.28. The number of benzene rings is 1. The topological polar surface area (TPSA) is 95.6 Å². The Bertz CT molecular complexity index is 912. The molecule has 0 spiro atoms. The number of nitrogens with one attached hydrogen (secondary N) is 2. The number of anilines is 1. The second-order valence-corrected chi connectivity index (χ2v) is 8.33. The molecule has 0 radical (unpaired) electrons. The third-order valence-electron chi connectivity index (χ3n) is 6.80. The van der Waals surface area contributed by atoms with Crippen molar-refractivity contribution in [3.8, 4) is 0 Å². The average Bonchev–Trinajstić information content (AvgIpc) is 3.45. The summed E-state index contributed by atoms with van der Waals surface area (Å²) in [5, 5.41) is 3.35. The predicted molar refractivity (Wildman–Crippen MR) is 99.2 cm³/mol. The molecule has 1 aromatic carbocycles. The van der Waals surface area contributed by atoms with E-state index in [1.54, 1.807) is 0 Å². The fourth-order valence-corrected chi connectivity index (χ4v) is 5.40. The SMILES string of the molecule is Cc1cccc(C)c1NC(=O)C(=O)NN1C(=O)C2C3C=CC(C4CC34)C2C1=O. The first-order valence-electron chi connectivity index (χ1n) is 9.63. The lowest BCUT2D eigenvalue weighted by molar-refractivity contribution is -0.151. The zero-order chi connectivity index (χ0) is 19.7. The van der Waals surface area contributed by atoms with E-state index in [-0.39, 0.29) is 11.8 Å². The Hall–Kier alpha value is -2.96. The highest BCUT2D eigenvalue weighted by Crippen LogP contribution is 2.65. The van der Waals surface area contributed by atoms with Crippen LogP contribution in [-0.4, -0.2) is 28.6 Å². The highest BCUT2D eigenvalue weighted by Gasteiger charge is 2.67. The van der Waals surface area contributed by atoms with Crippen molar-refractivity contribution in [3.63, 3.8) is 0 Å². The molecule has 4 amide bonds. The lowest BCUT2D eigenvalue weighted by Gasteiger charge is -2.37. The summed E-state index contributed by atoms with van der Waals surface area (Å²) in [5.41, 5.74) is 4.44. The van der Waals surface area contributed by atoms with E-state index in [9.17, 15) is 19.2 Å². The van der Waals surface area contributed by atoms with E-state index in [1.165, 1.54) is 0 Å². The van der Waals surface area contributed by atoms with Crippen LogP contribution in [0.25, 0.3) is 0 Å². The van der Waals surface area contributed by atoms with E-state index in [1.807, 2.05) is 32.0 Å². The zero-order valence-corrected chi connectivity index (χ0v) is 15.6. The molecule has 1 heterocycles. The number of hydrazine groups is 1. The van der Waals surface area contributed by atoms with E-state index in [4.69, 9.17) is 0 Å². The maximum atomic E-state index is 12.9. The van der Waals surface area contributed by atoms with Crippen LogP contribution in [-0.2, 0) is 19.2 Å². The molecule has 6 unspecified atom stereocenters. The van der Waals surface area contributed by atoms with Gasteiger partial charge in [-0.15, -0.1) is 0 Å². The largest absolute Gasteiger partial charge is 0.328 e. The second kappa shape index (κ2) is 5.77. The molecule has 5 aliphatic rings. The van der Waals surface area contributed by atoms with Crippen LogP contribution in [0.2, 0.25) is 0 Å². The molecular formula is C21H21N3O4. The van der Waals surface area contributed by atoms with Gasteiger partial charge in [0.1, 0.15) is 0 Å². The van der Waals surface area contributed by atoms with Crippen molar-refractivity contribution in [2.45, 2.75) is 20.3 Å². The van der Waals surface area contributed by atoms with Gasteiger partial charge in [-0.2, -0.15) is 5.01 Å². The van der Waals surface area contributed by atoms with Gasteiger partial charge in [-0.1, -0.05) is 30.4 Å². The molecule has 1 aliphatic heterocycles. The molecular weight excluding hydrogens is 358 g/mol. The summed E-state index contributed by atoms with van der Waals surface area (Å²) in [6.45, 7) is 3.65. The van der Waals surface area contributed by atoms with Gasteiger partial charge >= 0.3 is 11.8 Å². The number of para-hydroxylation sites is 1. The molecule has 7 nitrogen and oxygen atoms in total. The van der Waals surface area contributed by atoms with E-state index in [0.29, 0.717) is 17.5 Å². The summed E-state index contributed by atoms with van der Waals surface area (Å²) in [4.78, 5) is 50.4. The molecule has 2 bridgehead atoms. The summed E-state index contributed by atoms with van der Waals surface area (Å²) in [6.07, 6.45) is 5.19. The Morgan fingerprint density at radius 2 is 1.46 bits per heavy atom. The smallest absolute Gasteiger partial charge is 0.317 e. The molecule has 7 heteroatoms. The number of carbonyl (C=O) groups is 4. The Labute approximate surface area is 162 Å². The first-order valence-corrected chi connectivity index (χ1v) is 9.63. The van der Waals surface area contributed by atoms with Gasteiger partial charge in [-0.05, 0) is 55.1 Å². The normalized spacial score (nSPS) is 34.1. The van der Waals surface area contributed by atoms with Crippen molar-refractivity contribution < 1.29 is 19.2 Å². The number of amides is 4. The number of aryl methyl sites for hydroxylation is 2. The molecule has 28 heavy (non-hydrogen) atoms. The van der Waals surface area contributed by atoms with Crippen molar-refractivity contribution in [1.29, 1.82) is 0 Å². The summed E-state index contributed by atoms with van der Waals surface area (Å²) < 4.78 is 0. The molecule has 0 aromatic heterocycles. The summed E-state index contributed by atoms with van der Waals surface area (Å²) in [7, 11) is 0. The van der Waals surface area contributed by atoms with Gasteiger partial charge in [-0.3, -0.25) is 19.2 Å². The standard InChI is InChI=1S/C21H21N3O4/c1-9-4-3-5-10(2)17(9)22-18(25)19(26)23-24-20(27)15-11-6-7-12(14-8-13(11)14)16(15)21(24)28/h3-7,11-16H,8H2,1-2H3,(H,22,25)(H,23,26). The highest BCUT2D eigenvalue weighted by molar-refractivity contribution is 6.40. The Balaban J connectivity index is 1.31. The van der Waals surface area contributed by atoms with Gasteiger partial charge < -0.3 is 5.32 Å². The zero-order valence-electron chi connectivity index (χ0n) is 15.6. The number of rotatable bonds is 2. The predicted octanol–water partition coefficient (Wildman–Crippen LogP) is 1.33. The second-order valence-electron chi connectivity index (χ2n) is 8.33. The Morgan fingerprint density at radius 3 is 2.00 bits per heavy atom. The van der Waals surface area contributed by atoms with Crippen LogP contribution in [0.4, 0.5) is 5.69 Å². The van der Waals surface area contributed by atoms with Crippen molar-refractivity contribution in [2.24, 2.45) is 35.5 Å². The van der Waals surface area contributed by atoms with Gasteiger partial charge in [-0.25, -0.2) is 5.43 Å². The molecule has 144 valence electrons. The molecule has 1 saturated heterocycles. The minimum absolute atomic E-state index is 0.0711. The van der Waals surface area contributed by atoms with Crippen LogP contribution in [0.1, 0.15) is 17.5 Å². The van der Waals surface area contributed by atoms with Gasteiger partial charge in [0.25, 0.3) is 11.8 Å². The van der Waals surface area contributed by atoms with E-state index in [2.05, 4.69) is 22.9 Å². The summed E-state index contributed by atoms with van der Waals surface area (Å²) in [5.74, 6) is -2.43. The fraction of sp³-hybridized carbons (Fsp3) is 0.429. The van der Waals surface area contributed by atoms with E-state index < -0.39 is 35.5 Å². The molecule has 6 atom stereocenters. The van der Waals surface area contributed by atoms with Crippen molar-refractivity contribution in [2.75, 3.05) is 5.32 Å². The van der Waals surface area contributed by atoms with Crippen LogP contribution in [0.15, 0.2) is 30.4 Å². The van der Waals surface area contributed by atoms with Crippen LogP contribution in [0.3, 0.4) is 0 Å². The average molecular weight is 379 g/mol. The highest BCUT2D eigenvalue weighted by atomic mass is 16.2. The molecule has 2 N–H and O–H groups in total. The van der Waals surface area contributed by atoms with Crippen molar-refractivity contribution in [3.05, 3.63) is 41.5 Å². The fourth-order valence-electron chi connectivity index (χ4n) is 5.40. The van der Waals surface area contributed by atoms with Crippen molar-refractivity contribution in [1.82, 2.24) is 10.4 Å².